The molecule has 0 fully saturated rings. The molecule has 0 aliphatic heterocycles. The molecule has 1 N–H and O–H groups in total. The van der Waals surface area contributed by atoms with E-state index in [1.165, 1.54) is 18.2 Å². The zero-order chi connectivity index (χ0) is 13.1. The number of hydrogen-bond acceptors (Lipinski definition) is 1. The number of rotatable bonds is 3. The van der Waals surface area contributed by atoms with Crippen LogP contribution in [0.4, 0.5) is 17.6 Å². The molecule has 0 saturated carbocycles. The van der Waals surface area contributed by atoms with Crippen molar-refractivity contribution in [2.24, 2.45) is 0 Å². The Hall–Kier alpha value is -1.59. The predicted octanol–water partition coefficient (Wildman–Crippen LogP) is 2.36. The Morgan fingerprint density at radius 2 is 2.00 bits per heavy atom. The van der Waals surface area contributed by atoms with Crippen LogP contribution in [-0.4, -0.2) is 18.6 Å². The summed E-state index contributed by atoms with van der Waals surface area (Å²) in [5.74, 6) is -2.36. The van der Waals surface area contributed by atoms with Crippen molar-refractivity contribution in [2.75, 3.05) is 6.54 Å². The van der Waals surface area contributed by atoms with Crippen molar-refractivity contribution in [1.29, 1.82) is 0 Å². The van der Waals surface area contributed by atoms with Crippen LogP contribution in [0, 0.1) is 12.7 Å². The number of amides is 1. The molecule has 0 radical (unpaired) electrons. The molecule has 0 heterocycles. The molecule has 0 bridgehead atoms. The van der Waals surface area contributed by atoms with Gasteiger partial charge in [0.15, 0.2) is 0 Å². The van der Waals surface area contributed by atoms with Gasteiger partial charge in [0.05, 0.1) is 0 Å². The molecule has 17 heavy (non-hydrogen) atoms. The number of hydrogen-bond donors (Lipinski definition) is 1. The fourth-order valence-electron chi connectivity index (χ4n) is 1.35. The van der Waals surface area contributed by atoms with Gasteiger partial charge in [-0.3, -0.25) is 4.79 Å². The van der Waals surface area contributed by atoms with Crippen molar-refractivity contribution < 1.29 is 22.4 Å². The van der Waals surface area contributed by atoms with E-state index in [0.29, 0.717) is 11.1 Å². The van der Waals surface area contributed by atoms with Gasteiger partial charge in [-0.1, -0.05) is 6.07 Å². The third kappa shape index (κ3) is 4.05. The van der Waals surface area contributed by atoms with E-state index in [9.17, 15) is 22.4 Å². The van der Waals surface area contributed by atoms with Crippen LogP contribution in [-0.2, 0) is 11.2 Å². The highest BCUT2D eigenvalue weighted by Gasteiger charge is 2.38. The summed E-state index contributed by atoms with van der Waals surface area (Å²) in [6.45, 7) is 1.52. The minimum Gasteiger partial charge on any atom is -0.348 e. The van der Waals surface area contributed by atoms with Gasteiger partial charge in [-0.25, -0.2) is 4.39 Å². The van der Waals surface area contributed by atoms with Crippen molar-refractivity contribution in [2.45, 2.75) is 19.5 Å². The quantitative estimate of drug-likeness (QED) is 0.818. The first-order valence-corrected chi connectivity index (χ1v) is 4.91. The number of halogens is 4. The van der Waals surface area contributed by atoms with Gasteiger partial charge >= 0.3 is 12.1 Å². The number of carbonyl (C=O) groups is 1. The minimum atomic E-state index is -4.86. The molecule has 0 atom stereocenters. The number of aryl methyl sites for hydroxylation is 1. The highest BCUT2D eigenvalue weighted by atomic mass is 19.4. The lowest BCUT2D eigenvalue weighted by atomic mass is 10.1. The van der Waals surface area contributed by atoms with E-state index in [-0.39, 0.29) is 13.0 Å². The first kappa shape index (κ1) is 13.5. The van der Waals surface area contributed by atoms with Gasteiger partial charge in [-0.05, 0) is 36.6 Å². The second-order valence-corrected chi connectivity index (χ2v) is 3.57. The summed E-state index contributed by atoms with van der Waals surface area (Å²) in [6, 6.07) is 4.01. The summed E-state index contributed by atoms with van der Waals surface area (Å²) < 4.78 is 48.3. The summed E-state index contributed by atoms with van der Waals surface area (Å²) in [6.07, 6.45) is -4.63. The molecule has 1 aromatic carbocycles. The topological polar surface area (TPSA) is 29.1 Å². The maximum absolute atomic E-state index is 12.7. The third-order valence-electron chi connectivity index (χ3n) is 2.24. The monoisotopic (exact) mass is 249 g/mol. The highest BCUT2D eigenvalue weighted by Crippen LogP contribution is 2.14. The smallest absolute Gasteiger partial charge is 0.348 e. The van der Waals surface area contributed by atoms with E-state index < -0.39 is 17.9 Å². The average Bonchev–Trinajstić information content (AvgIpc) is 2.19. The first-order chi connectivity index (χ1) is 7.80. The van der Waals surface area contributed by atoms with Crippen LogP contribution in [0.3, 0.4) is 0 Å². The SMILES string of the molecule is Cc1cc(F)ccc1CCNC(=O)C(F)(F)F. The van der Waals surface area contributed by atoms with Crippen LogP contribution in [0.1, 0.15) is 11.1 Å². The predicted molar refractivity (Wildman–Crippen MR) is 53.9 cm³/mol. The van der Waals surface area contributed by atoms with Crippen molar-refractivity contribution in [3.8, 4) is 0 Å². The molecule has 1 rings (SSSR count). The van der Waals surface area contributed by atoms with Crippen molar-refractivity contribution in [3.63, 3.8) is 0 Å². The van der Waals surface area contributed by atoms with Gasteiger partial charge in [0.25, 0.3) is 0 Å². The lowest BCUT2D eigenvalue weighted by molar-refractivity contribution is -0.173. The summed E-state index contributed by atoms with van der Waals surface area (Å²) in [4.78, 5) is 10.5. The van der Waals surface area contributed by atoms with Crippen LogP contribution in [0.5, 0.6) is 0 Å². The first-order valence-electron chi connectivity index (χ1n) is 4.91. The van der Waals surface area contributed by atoms with E-state index in [1.807, 2.05) is 0 Å². The molecule has 2 nitrogen and oxygen atoms in total. The highest BCUT2D eigenvalue weighted by molar-refractivity contribution is 5.81. The van der Waals surface area contributed by atoms with Gasteiger partial charge < -0.3 is 5.32 Å². The number of carbonyl (C=O) groups excluding carboxylic acids is 1. The Balaban J connectivity index is 2.49. The van der Waals surface area contributed by atoms with Gasteiger partial charge in [0.1, 0.15) is 5.82 Å². The fraction of sp³-hybridized carbons (Fsp3) is 0.364. The Labute approximate surface area is 95.6 Å². The second-order valence-electron chi connectivity index (χ2n) is 3.57. The van der Waals surface area contributed by atoms with Crippen LogP contribution in [0.25, 0.3) is 0 Å². The van der Waals surface area contributed by atoms with E-state index in [0.717, 1.165) is 0 Å². The molecule has 0 unspecified atom stereocenters. The lowest BCUT2D eigenvalue weighted by Gasteiger charge is -2.09. The number of benzene rings is 1. The zero-order valence-corrected chi connectivity index (χ0v) is 9.07. The molecule has 1 amide bonds. The molecule has 0 aliphatic rings. The molecular weight excluding hydrogens is 238 g/mol. The van der Waals surface area contributed by atoms with Crippen molar-refractivity contribution in [1.82, 2.24) is 5.32 Å². The third-order valence-corrected chi connectivity index (χ3v) is 2.24. The minimum absolute atomic E-state index is 0.134. The lowest BCUT2D eigenvalue weighted by Crippen LogP contribution is -2.37. The van der Waals surface area contributed by atoms with E-state index in [1.54, 1.807) is 12.2 Å². The largest absolute Gasteiger partial charge is 0.471 e. The van der Waals surface area contributed by atoms with Crippen LogP contribution < -0.4 is 5.32 Å². The van der Waals surface area contributed by atoms with Crippen LogP contribution in [0.15, 0.2) is 18.2 Å². The van der Waals surface area contributed by atoms with Gasteiger partial charge in [0, 0.05) is 6.54 Å². The van der Waals surface area contributed by atoms with Gasteiger partial charge in [-0.15, -0.1) is 0 Å². The molecule has 0 saturated heterocycles. The molecule has 0 aliphatic carbocycles. The second kappa shape index (κ2) is 5.16. The standard InChI is InChI=1S/C11H11F4NO/c1-7-6-9(12)3-2-8(7)4-5-16-10(17)11(13,14)15/h2-3,6H,4-5H2,1H3,(H,16,17). The van der Waals surface area contributed by atoms with Crippen molar-refractivity contribution >= 4 is 5.91 Å². The van der Waals surface area contributed by atoms with Crippen LogP contribution in [0.2, 0.25) is 0 Å². The molecule has 1 aromatic rings. The maximum Gasteiger partial charge on any atom is 0.471 e. The van der Waals surface area contributed by atoms with E-state index in [4.69, 9.17) is 0 Å². The van der Waals surface area contributed by atoms with Gasteiger partial charge in [-0.2, -0.15) is 13.2 Å². The van der Waals surface area contributed by atoms with Crippen molar-refractivity contribution in [3.05, 3.63) is 35.1 Å². The summed E-state index contributed by atoms with van der Waals surface area (Å²) in [5, 5.41) is 1.76. The zero-order valence-electron chi connectivity index (χ0n) is 9.07. The van der Waals surface area contributed by atoms with Gasteiger partial charge in [0.2, 0.25) is 0 Å². The summed E-state index contributed by atoms with van der Waals surface area (Å²) in [5.41, 5.74) is 1.35. The summed E-state index contributed by atoms with van der Waals surface area (Å²) in [7, 11) is 0. The Bertz CT molecular complexity index is 414. The molecule has 0 spiro atoms. The Kier molecular flexibility index (Phi) is 4.09. The van der Waals surface area contributed by atoms with E-state index in [2.05, 4.69) is 0 Å². The average molecular weight is 249 g/mol. The molecular formula is C11H11F4NO. The molecule has 94 valence electrons. The van der Waals surface area contributed by atoms with Crippen LogP contribution >= 0.6 is 0 Å². The fourth-order valence-corrected chi connectivity index (χ4v) is 1.35. The molecule has 6 heteroatoms. The molecule has 0 aromatic heterocycles. The number of alkyl halides is 3. The normalized spacial score (nSPS) is 11.4. The maximum atomic E-state index is 12.7. The Morgan fingerprint density at radius 1 is 1.35 bits per heavy atom. The van der Waals surface area contributed by atoms with E-state index >= 15 is 0 Å². The summed E-state index contributed by atoms with van der Waals surface area (Å²) >= 11 is 0. The Morgan fingerprint density at radius 3 is 2.53 bits per heavy atom. The number of nitrogens with one attached hydrogen (secondary N) is 1.